The van der Waals surface area contributed by atoms with Crippen LogP contribution < -0.4 is 25.3 Å². The molecule has 1 aromatic carbocycles. The van der Waals surface area contributed by atoms with Crippen molar-refractivity contribution in [1.82, 2.24) is 5.32 Å². The lowest BCUT2D eigenvalue weighted by Crippen LogP contribution is -2.48. The average molecular weight is 282 g/mol. The van der Waals surface area contributed by atoms with Crippen molar-refractivity contribution in [2.24, 2.45) is 5.73 Å². The van der Waals surface area contributed by atoms with Crippen LogP contribution >= 0.6 is 0 Å². The summed E-state index contributed by atoms with van der Waals surface area (Å²) < 4.78 is 15.6. The van der Waals surface area contributed by atoms with E-state index in [1.165, 1.54) is 21.3 Å². The zero-order valence-corrected chi connectivity index (χ0v) is 12.6. The van der Waals surface area contributed by atoms with Crippen LogP contribution in [0.5, 0.6) is 17.2 Å². The number of carbonyl (C=O) groups is 1. The smallest absolute Gasteiger partial charge is 0.255 e. The normalized spacial score (nSPS) is 10.9. The van der Waals surface area contributed by atoms with Crippen molar-refractivity contribution < 1.29 is 19.0 Å². The minimum absolute atomic E-state index is 0.279. The van der Waals surface area contributed by atoms with Crippen molar-refractivity contribution >= 4 is 5.91 Å². The zero-order chi connectivity index (χ0) is 15.3. The summed E-state index contributed by atoms with van der Waals surface area (Å²) >= 11 is 0. The van der Waals surface area contributed by atoms with Crippen molar-refractivity contribution in [3.63, 3.8) is 0 Å². The van der Waals surface area contributed by atoms with Gasteiger partial charge in [-0.15, -0.1) is 0 Å². The molecule has 0 atom stereocenters. The molecule has 0 fully saturated rings. The minimum atomic E-state index is -0.505. The maximum Gasteiger partial charge on any atom is 0.255 e. The molecule has 0 saturated heterocycles. The summed E-state index contributed by atoms with van der Waals surface area (Å²) in [5.74, 6) is 1.09. The molecular formula is C14H22N2O4. The van der Waals surface area contributed by atoms with E-state index in [-0.39, 0.29) is 5.91 Å². The highest BCUT2D eigenvalue weighted by Crippen LogP contribution is 2.34. The quantitative estimate of drug-likeness (QED) is 0.818. The Balaban J connectivity index is 3.19. The number of carbonyl (C=O) groups excluding carboxylic acids is 1. The molecule has 0 radical (unpaired) electrons. The van der Waals surface area contributed by atoms with Crippen LogP contribution in [0.25, 0.3) is 0 Å². The van der Waals surface area contributed by atoms with E-state index >= 15 is 0 Å². The number of ether oxygens (including phenoxy) is 3. The molecule has 6 heteroatoms. The van der Waals surface area contributed by atoms with Crippen LogP contribution in [-0.4, -0.2) is 39.3 Å². The predicted molar refractivity (Wildman–Crippen MR) is 76.7 cm³/mol. The maximum atomic E-state index is 12.3. The van der Waals surface area contributed by atoms with E-state index in [1.807, 2.05) is 13.8 Å². The Kier molecular flexibility index (Phi) is 5.21. The number of rotatable bonds is 6. The van der Waals surface area contributed by atoms with Crippen molar-refractivity contribution in [3.05, 3.63) is 17.7 Å². The van der Waals surface area contributed by atoms with E-state index in [0.717, 1.165) is 0 Å². The number of methoxy groups -OCH3 is 3. The second kappa shape index (κ2) is 6.47. The molecule has 0 bridgehead atoms. The molecule has 0 aliphatic rings. The SMILES string of the molecule is COc1cc(OC)c(C(=O)NC(C)(C)CN)cc1OC. The van der Waals surface area contributed by atoms with Gasteiger partial charge >= 0.3 is 0 Å². The number of amides is 1. The third kappa shape index (κ3) is 3.54. The second-order valence-electron chi connectivity index (χ2n) is 4.95. The predicted octanol–water partition coefficient (Wildman–Crippen LogP) is 1.18. The number of nitrogens with two attached hydrogens (primary N) is 1. The molecule has 20 heavy (non-hydrogen) atoms. The van der Waals surface area contributed by atoms with Crippen molar-refractivity contribution in [1.29, 1.82) is 0 Å². The van der Waals surface area contributed by atoms with Gasteiger partial charge in [-0.2, -0.15) is 0 Å². The summed E-state index contributed by atoms with van der Waals surface area (Å²) in [6, 6.07) is 3.20. The van der Waals surface area contributed by atoms with Gasteiger partial charge in [0.15, 0.2) is 11.5 Å². The fraction of sp³-hybridized carbons (Fsp3) is 0.500. The van der Waals surface area contributed by atoms with E-state index < -0.39 is 5.54 Å². The van der Waals surface area contributed by atoms with Gasteiger partial charge in [0.1, 0.15) is 5.75 Å². The molecule has 112 valence electrons. The Bertz CT molecular complexity index is 486. The van der Waals surface area contributed by atoms with Crippen molar-refractivity contribution in [2.45, 2.75) is 19.4 Å². The van der Waals surface area contributed by atoms with Gasteiger partial charge in [-0.25, -0.2) is 0 Å². The van der Waals surface area contributed by atoms with Crippen LogP contribution in [0.15, 0.2) is 12.1 Å². The fourth-order valence-corrected chi connectivity index (χ4v) is 1.63. The fourth-order valence-electron chi connectivity index (χ4n) is 1.63. The van der Waals surface area contributed by atoms with Gasteiger partial charge in [-0.1, -0.05) is 0 Å². The summed E-state index contributed by atoms with van der Waals surface area (Å²) in [6.45, 7) is 4.02. The number of hydrogen-bond donors (Lipinski definition) is 2. The summed E-state index contributed by atoms with van der Waals surface area (Å²) in [5.41, 5.74) is 5.48. The Morgan fingerprint density at radius 2 is 1.60 bits per heavy atom. The molecule has 0 saturated carbocycles. The van der Waals surface area contributed by atoms with Crippen LogP contribution in [-0.2, 0) is 0 Å². The van der Waals surface area contributed by atoms with Crippen LogP contribution in [0.3, 0.4) is 0 Å². The highest BCUT2D eigenvalue weighted by molar-refractivity contribution is 5.98. The number of nitrogens with one attached hydrogen (secondary N) is 1. The Morgan fingerprint density at radius 3 is 2.05 bits per heavy atom. The van der Waals surface area contributed by atoms with Crippen LogP contribution in [0.2, 0.25) is 0 Å². The summed E-state index contributed by atoms with van der Waals surface area (Å²) in [4.78, 5) is 12.3. The first kappa shape index (κ1) is 16.1. The molecule has 0 aromatic heterocycles. The molecule has 0 spiro atoms. The van der Waals surface area contributed by atoms with Crippen LogP contribution in [0, 0.1) is 0 Å². The lowest BCUT2D eigenvalue weighted by Gasteiger charge is -2.25. The largest absolute Gasteiger partial charge is 0.496 e. The van der Waals surface area contributed by atoms with Crippen LogP contribution in [0.4, 0.5) is 0 Å². The molecule has 3 N–H and O–H groups in total. The van der Waals surface area contributed by atoms with E-state index in [4.69, 9.17) is 19.9 Å². The monoisotopic (exact) mass is 282 g/mol. The molecule has 1 rings (SSSR count). The lowest BCUT2D eigenvalue weighted by atomic mass is 10.0. The topological polar surface area (TPSA) is 82.8 Å². The lowest BCUT2D eigenvalue weighted by molar-refractivity contribution is 0.0912. The van der Waals surface area contributed by atoms with Gasteiger partial charge in [0.25, 0.3) is 5.91 Å². The molecule has 0 heterocycles. The van der Waals surface area contributed by atoms with Gasteiger partial charge in [0, 0.05) is 24.2 Å². The summed E-state index contributed by atoms with van der Waals surface area (Å²) in [6.07, 6.45) is 0. The standard InChI is InChI=1S/C14H22N2O4/c1-14(2,8-15)16-13(17)9-6-11(19-4)12(20-5)7-10(9)18-3/h6-7H,8,15H2,1-5H3,(H,16,17). The first-order valence-corrected chi connectivity index (χ1v) is 6.21. The average Bonchev–Trinajstić information content (AvgIpc) is 2.45. The minimum Gasteiger partial charge on any atom is -0.496 e. The number of hydrogen-bond acceptors (Lipinski definition) is 5. The molecule has 6 nitrogen and oxygen atoms in total. The molecule has 0 unspecified atom stereocenters. The maximum absolute atomic E-state index is 12.3. The third-order valence-electron chi connectivity index (χ3n) is 2.91. The third-order valence-corrected chi connectivity index (χ3v) is 2.91. The Labute approximate surface area is 119 Å². The molecule has 1 aromatic rings. The first-order chi connectivity index (χ1) is 9.38. The van der Waals surface area contributed by atoms with Crippen molar-refractivity contribution in [3.8, 4) is 17.2 Å². The van der Waals surface area contributed by atoms with Crippen LogP contribution in [0.1, 0.15) is 24.2 Å². The summed E-state index contributed by atoms with van der Waals surface area (Å²) in [5, 5.41) is 2.85. The Hall–Kier alpha value is -1.95. The van der Waals surface area contributed by atoms with E-state index in [0.29, 0.717) is 29.4 Å². The van der Waals surface area contributed by atoms with Gasteiger partial charge in [0.2, 0.25) is 0 Å². The molecule has 0 aliphatic carbocycles. The molecule has 1 amide bonds. The second-order valence-corrected chi connectivity index (χ2v) is 4.95. The van der Waals surface area contributed by atoms with Crippen molar-refractivity contribution in [2.75, 3.05) is 27.9 Å². The van der Waals surface area contributed by atoms with E-state index in [2.05, 4.69) is 5.32 Å². The van der Waals surface area contributed by atoms with Gasteiger partial charge in [-0.05, 0) is 13.8 Å². The highest BCUT2D eigenvalue weighted by atomic mass is 16.5. The van der Waals surface area contributed by atoms with Gasteiger partial charge < -0.3 is 25.3 Å². The molecule has 0 aliphatic heterocycles. The Morgan fingerprint density at radius 1 is 1.10 bits per heavy atom. The summed E-state index contributed by atoms with van der Waals surface area (Å²) in [7, 11) is 4.52. The first-order valence-electron chi connectivity index (χ1n) is 6.21. The van der Waals surface area contributed by atoms with E-state index in [9.17, 15) is 4.79 Å². The van der Waals surface area contributed by atoms with Gasteiger partial charge in [0.05, 0.1) is 26.9 Å². The zero-order valence-electron chi connectivity index (χ0n) is 12.6. The highest BCUT2D eigenvalue weighted by Gasteiger charge is 2.23. The van der Waals surface area contributed by atoms with E-state index in [1.54, 1.807) is 12.1 Å². The van der Waals surface area contributed by atoms with Gasteiger partial charge in [-0.3, -0.25) is 4.79 Å². The molecular weight excluding hydrogens is 260 g/mol. The number of benzene rings is 1.